The van der Waals surface area contributed by atoms with E-state index in [-0.39, 0.29) is 16.4 Å². The first-order chi connectivity index (χ1) is 7.69. The molecule has 17 heavy (non-hydrogen) atoms. The molecule has 0 bridgehead atoms. The molecule has 0 heterocycles. The summed E-state index contributed by atoms with van der Waals surface area (Å²) < 4.78 is 18.2. The van der Waals surface area contributed by atoms with E-state index in [1.807, 2.05) is 0 Å². The fraction of sp³-hybridized carbons (Fsp3) is 0.364. The van der Waals surface area contributed by atoms with Gasteiger partial charge in [-0.2, -0.15) is 0 Å². The first-order valence-electron chi connectivity index (χ1n) is 4.93. The normalized spacial score (nSPS) is 11.1. The molecule has 0 radical (unpaired) electrons. The van der Waals surface area contributed by atoms with Crippen molar-refractivity contribution in [1.82, 2.24) is 0 Å². The van der Waals surface area contributed by atoms with Crippen LogP contribution in [0.3, 0.4) is 0 Å². The molecule has 0 saturated heterocycles. The Kier molecular flexibility index (Phi) is 3.83. The highest BCUT2D eigenvalue weighted by Gasteiger charge is 2.17. The monoisotopic (exact) mass is 260 g/mol. The largest absolute Gasteiger partial charge is 0.444 e. The van der Waals surface area contributed by atoms with E-state index in [0.717, 1.165) is 6.07 Å². The lowest BCUT2D eigenvalue weighted by Gasteiger charge is -2.20. The van der Waals surface area contributed by atoms with Crippen LogP contribution in [0.4, 0.5) is 20.6 Å². The minimum atomic E-state index is -0.703. The molecular formula is C11H14ClFN2O2. The molecule has 0 spiro atoms. The Morgan fingerprint density at radius 3 is 2.59 bits per heavy atom. The summed E-state index contributed by atoms with van der Waals surface area (Å²) in [6.07, 6.45) is -0.703. The Bertz CT molecular complexity index is 444. The van der Waals surface area contributed by atoms with Gasteiger partial charge in [0.15, 0.2) is 0 Å². The third-order valence-corrected chi connectivity index (χ3v) is 2.02. The van der Waals surface area contributed by atoms with Gasteiger partial charge in [0.05, 0.1) is 16.4 Å². The van der Waals surface area contributed by atoms with Crippen molar-refractivity contribution in [3.05, 3.63) is 23.0 Å². The third-order valence-electron chi connectivity index (χ3n) is 1.73. The lowest BCUT2D eigenvalue weighted by Crippen LogP contribution is -2.27. The molecule has 1 rings (SSSR count). The summed E-state index contributed by atoms with van der Waals surface area (Å²) in [7, 11) is 0. The molecule has 0 aliphatic rings. The Labute approximate surface area is 104 Å². The van der Waals surface area contributed by atoms with Crippen LogP contribution in [-0.2, 0) is 4.74 Å². The number of halogens is 2. The fourth-order valence-corrected chi connectivity index (χ4v) is 1.26. The van der Waals surface area contributed by atoms with E-state index in [1.165, 1.54) is 6.07 Å². The SMILES string of the molecule is CC(C)(C)OC(=O)Nc1cc(F)c(Cl)cc1N. The highest BCUT2D eigenvalue weighted by molar-refractivity contribution is 6.31. The second-order valence-corrected chi connectivity index (χ2v) is 4.89. The highest BCUT2D eigenvalue weighted by atomic mass is 35.5. The Balaban J connectivity index is 2.82. The number of nitrogens with one attached hydrogen (secondary N) is 1. The Hall–Kier alpha value is -1.49. The van der Waals surface area contributed by atoms with Gasteiger partial charge in [-0.15, -0.1) is 0 Å². The van der Waals surface area contributed by atoms with E-state index < -0.39 is 17.5 Å². The van der Waals surface area contributed by atoms with Crippen molar-refractivity contribution in [2.24, 2.45) is 0 Å². The molecule has 1 aromatic rings. The summed E-state index contributed by atoms with van der Waals surface area (Å²) in [6, 6.07) is 2.27. The standard InChI is InChI=1S/C11H14ClFN2O2/c1-11(2,3)17-10(16)15-9-5-7(13)6(12)4-8(9)14/h4-5H,14H2,1-3H3,(H,15,16). The second-order valence-electron chi connectivity index (χ2n) is 4.48. The van der Waals surface area contributed by atoms with Crippen molar-refractivity contribution in [2.45, 2.75) is 26.4 Å². The zero-order valence-corrected chi connectivity index (χ0v) is 10.6. The molecule has 0 aromatic heterocycles. The molecule has 0 atom stereocenters. The first-order valence-corrected chi connectivity index (χ1v) is 5.31. The van der Waals surface area contributed by atoms with Crippen LogP contribution in [0, 0.1) is 5.82 Å². The summed E-state index contributed by atoms with van der Waals surface area (Å²) in [5.74, 6) is -0.660. The van der Waals surface area contributed by atoms with Crippen LogP contribution in [0.2, 0.25) is 5.02 Å². The zero-order valence-electron chi connectivity index (χ0n) is 9.80. The van der Waals surface area contributed by atoms with Gasteiger partial charge in [-0.3, -0.25) is 5.32 Å². The Morgan fingerprint density at radius 1 is 1.47 bits per heavy atom. The van der Waals surface area contributed by atoms with Gasteiger partial charge in [0.25, 0.3) is 0 Å². The molecule has 4 nitrogen and oxygen atoms in total. The molecule has 0 aliphatic heterocycles. The first kappa shape index (κ1) is 13.6. The average molecular weight is 261 g/mol. The number of carbonyl (C=O) groups is 1. The Morgan fingerprint density at radius 2 is 2.06 bits per heavy atom. The maximum atomic E-state index is 13.2. The van der Waals surface area contributed by atoms with Crippen LogP contribution < -0.4 is 11.1 Å². The van der Waals surface area contributed by atoms with E-state index in [0.29, 0.717) is 0 Å². The van der Waals surface area contributed by atoms with E-state index in [1.54, 1.807) is 20.8 Å². The zero-order chi connectivity index (χ0) is 13.2. The summed E-state index contributed by atoms with van der Waals surface area (Å²) in [6.45, 7) is 5.16. The molecule has 94 valence electrons. The van der Waals surface area contributed by atoms with Gasteiger partial charge in [0, 0.05) is 6.07 Å². The van der Waals surface area contributed by atoms with Crippen LogP contribution in [0.1, 0.15) is 20.8 Å². The third kappa shape index (κ3) is 4.11. The predicted octanol–water partition coefficient (Wildman–Crippen LogP) is 3.41. The van der Waals surface area contributed by atoms with Crippen molar-refractivity contribution in [3.8, 4) is 0 Å². The lowest BCUT2D eigenvalue weighted by molar-refractivity contribution is 0.0636. The van der Waals surface area contributed by atoms with Crippen molar-refractivity contribution in [3.63, 3.8) is 0 Å². The van der Waals surface area contributed by atoms with Crippen LogP contribution in [-0.4, -0.2) is 11.7 Å². The molecule has 6 heteroatoms. The lowest BCUT2D eigenvalue weighted by atomic mass is 10.2. The smallest absolute Gasteiger partial charge is 0.412 e. The fourth-order valence-electron chi connectivity index (χ4n) is 1.08. The van der Waals surface area contributed by atoms with Crippen LogP contribution in [0.25, 0.3) is 0 Å². The number of amides is 1. The van der Waals surface area contributed by atoms with Crippen LogP contribution in [0.5, 0.6) is 0 Å². The van der Waals surface area contributed by atoms with Crippen molar-refractivity contribution in [2.75, 3.05) is 11.1 Å². The topological polar surface area (TPSA) is 64.3 Å². The number of hydrogen-bond acceptors (Lipinski definition) is 3. The molecule has 1 aromatic carbocycles. The summed E-state index contributed by atoms with van der Waals surface area (Å²) in [5, 5.41) is 2.25. The molecule has 0 saturated carbocycles. The van der Waals surface area contributed by atoms with E-state index in [9.17, 15) is 9.18 Å². The van der Waals surface area contributed by atoms with E-state index in [4.69, 9.17) is 22.1 Å². The van der Waals surface area contributed by atoms with Crippen LogP contribution >= 0.6 is 11.6 Å². The number of benzene rings is 1. The summed E-state index contributed by atoms with van der Waals surface area (Å²) in [4.78, 5) is 11.4. The number of nitrogens with two attached hydrogens (primary N) is 1. The van der Waals surface area contributed by atoms with Crippen molar-refractivity contribution in [1.29, 1.82) is 0 Å². The number of hydrogen-bond donors (Lipinski definition) is 2. The van der Waals surface area contributed by atoms with E-state index in [2.05, 4.69) is 5.32 Å². The molecule has 0 fully saturated rings. The van der Waals surface area contributed by atoms with Crippen LogP contribution in [0.15, 0.2) is 12.1 Å². The van der Waals surface area contributed by atoms with Gasteiger partial charge in [-0.05, 0) is 26.8 Å². The van der Waals surface area contributed by atoms with Gasteiger partial charge in [-0.25, -0.2) is 9.18 Å². The van der Waals surface area contributed by atoms with Gasteiger partial charge in [-0.1, -0.05) is 11.6 Å². The maximum Gasteiger partial charge on any atom is 0.412 e. The van der Waals surface area contributed by atoms with Gasteiger partial charge in [0.2, 0.25) is 0 Å². The van der Waals surface area contributed by atoms with Gasteiger partial charge >= 0.3 is 6.09 Å². The minimum Gasteiger partial charge on any atom is -0.444 e. The summed E-state index contributed by atoms with van der Waals surface area (Å²) >= 11 is 5.53. The number of ether oxygens (including phenoxy) is 1. The molecule has 0 aliphatic carbocycles. The van der Waals surface area contributed by atoms with Crippen molar-refractivity contribution < 1.29 is 13.9 Å². The maximum absolute atomic E-state index is 13.2. The average Bonchev–Trinajstić information content (AvgIpc) is 2.11. The van der Waals surface area contributed by atoms with Gasteiger partial charge < -0.3 is 10.5 Å². The molecule has 3 N–H and O–H groups in total. The number of nitrogen functional groups attached to an aromatic ring is 1. The quantitative estimate of drug-likeness (QED) is 0.761. The summed E-state index contributed by atoms with van der Waals surface area (Å²) in [5.41, 5.74) is 5.24. The second kappa shape index (κ2) is 4.79. The van der Waals surface area contributed by atoms with Crippen molar-refractivity contribution >= 4 is 29.1 Å². The molecule has 0 unspecified atom stereocenters. The molecular weight excluding hydrogens is 247 g/mol. The number of rotatable bonds is 1. The van der Waals surface area contributed by atoms with E-state index >= 15 is 0 Å². The predicted molar refractivity (Wildman–Crippen MR) is 65.7 cm³/mol. The number of carbonyl (C=O) groups excluding carboxylic acids is 1. The highest BCUT2D eigenvalue weighted by Crippen LogP contribution is 2.26. The minimum absolute atomic E-state index is 0.0998. The van der Waals surface area contributed by atoms with Gasteiger partial charge in [0.1, 0.15) is 11.4 Å². The molecule has 1 amide bonds. The number of anilines is 2.